The highest BCUT2D eigenvalue weighted by Crippen LogP contribution is 2.34. The van der Waals surface area contributed by atoms with E-state index in [1.165, 1.54) is 0 Å². The van der Waals surface area contributed by atoms with Gasteiger partial charge >= 0.3 is 18.3 Å². The van der Waals surface area contributed by atoms with Crippen LogP contribution in [0.15, 0.2) is 18.2 Å². The smallest absolute Gasteiger partial charge is 0.478 e. The first-order valence-corrected chi connectivity index (χ1v) is 7.11. The zero-order valence-corrected chi connectivity index (χ0v) is 12.1. The van der Waals surface area contributed by atoms with Gasteiger partial charge in [0.1, 0.15) is 0 Å². The molecule has 0 spiro atoms. The highest BCUT2D eigenvalue weighted by atomic mass is 19.4. The minimum absolute atomic E-state index is 0.300. The number of benzene rings is 1. The molecule has 1 saturated carbocycles. The minimum Gasteiger partial charge on any atom is -0.478 e. The third-order valence-electron chi connectivity index (χ3n) is 3.57. The van der Waals surface area contributed by atoms with Gasteiger partial charge in [-0.3, -0.25) is 4.79 Å². The van der Waals surface area contributed by atoms with Crippen LogP contribution in [0.4, 0.5) is 13.2 Å². The van der Waals surface area contributed by atoms with Crippen molar-refractivity contribution in [2.75, 3.05) is 0 Å². The monoisotopic (exact) mass is 332 g/mol. The first kappa shape index (κ1) is 17.1. The van der Waals surface area contributed by atoms with Crippen molar-refractivity contribution >= 4 is 11.9 Å². The number of halogens is 3. The van der Waals surface area contributed by atoms with Crippen LogP contribution in [-0.4, -0.2) is 23.4 Å². The Morgan fingerprint density at radius 3 is 2.30 bits per heavy atom. The lowest BCUT2D eigenvalue weighted by atomic mass is 9.89. The second-order valence-electron chi connectivity index (χ2n) is 5.27. The van der Waals surface area contributed by atoms with E-state index in [1.54, 1.807) is 0 Å². The van der Waals surface area contributed by atoms with Crippen molar-refractivity contribution < 1.29 is 37.3 Å². The molecule has 1 aromatic rings. The molecule has 0 aromatic heterocycles. The summed E-state index contributed by atoms with van der Waals surface area (Å²) in [5.41, 5.74) is -0.300. The summed E-state index contributed by atoms with van der Waals surface area (Å²) in [5, 5.41) is 8.91. The zero-order valence-electron chi connectivity index (χ0n) is 12.1. The van der Waals surface area contributed by atoms with Crippen molar-refractivity contribution in [1.29, 1.82) is 0 Å². The normalized spacial score (nSPS) is 16.0. The quantitative estimate of drug-likeness (QED) is 0.671. The van der Waals surface area contributed by atoms with E-state index in [1.807, 2.05) is 0 Å². The van der Waals surface area contributed by atoms with E-state index in [0.717, 1.165) is 37.5 Å². The average molecular weight is 332 g/mol. The number of carboxylic acids is 1. The largest absolute Gasteiger partial charge is 0.573 e. The Kier molecular flexibility index (Phi) is 5.12. The Bertz CT molecular complexity index is 591. The molecule has 1 fully saturated rings. The van der Waals surface area contributed by atoms with Crippen LogP contribution in [0.25, 0.3) is 0 Å². The number of alkyl halides is 3. The van der Waals surface area contributed by atoms with Crippen LogP contribution in [-0.2, 0) is 4.79 Å². The van der Waals surface area contributed by atoms with Gasteiger partial charge in [0.2, 0.25) is 0 Å². The van der Waals surface area contributed by atoms with Crippen molar-refractivity contribution in [3.8, 4) is 11.5 Å². The third kappa shape index (κ3) is 4.87. The summed E-state index contributed by atoms with van der Waals surface area (Å²) in [6.45, 7) is 0. The number of ether oxygens (including phenoxy) is 2. The maximum atomic E-state index is 12.4. The first-order valence-electron chi connectivity index (χ1n) is 7.11. The molecule has 0 bridgehead atoms. The molecule has 1 N–H and O–H groups in total. The van der Waals surface area contributed by atoms with Crippen LogP contribution >= 0.6 is 0 Å². The molecule has 0 saturated heterocycles. The Labute approximate surface area is 130 Å². The molecular formula is C15H15F3O5. The van der Waals surface area contributed by atoms with Crippen LogP contribution in [0.3, 0.4) is 0 Å². The predicted octanol–water partition coefficient (Wildman–Crippen LogP) is 3.77. The van der Waals surface area contributed by atoms with Gasteiger partial charge in [-0.25, -0.2) is 4.79 Å². The number of hydrogen-bond acceptors (Lipinski definition) is 4. The van der Waals surface area contributed by atoms with Gasteiger partial charge in [-0.1, -0.05) is 19.3 Å². The molecule has 5 nitrogen and oxygen atoms in total. The van der Waals surface area contributed by atoms with Crippen molar-refractivity contribution in [2.24, 2.45) is 5.92 Å². The zero-order chi connectivity index (χ0) is 17.0. The second-order valence-corrected chi connectivity index (χ2v) is 5.27. The lowest BCUT2D eigenvalue weighted by Gasteiger charge is -2.21. The molecule has 126 valence electrons. The van der Waals surface area contributed by atoms with E-state index in [0.29, 0.717) is 12.8 Å². The van der Waals surface area contributed by atoms with Crippen molar-refractivity contribution in [1.82, 2.24) is 0 Å². The van der Waals surface area contributed by atoms with Gasteiger partial charge < -0.3 is 14.6 Å². The summed E-state index contributed by atoms with van der Waals surface area (Å²) in [4.78, 5) is 23.0. The maximum Gasteiger partial charge on any atom is 0.573 e. The lowest BCUT2D eigenvalue weighted by Crippen LogP contribution is -2.24. The fourth-order valence-electron chi connectivity index (χ4n) is 2.46. The van der Waals surface area contributed by atoms with Gasteiger partial charge in [-0.2, -0.15) is 0 Å². The number of aromatic carboxylic acids is 1. The van der Waals surface area contributed by atoms with Crippen LogP contribution in [0.1, 0.15) is 42.5 Å². The van der Waals surface area contributed by atoms with E-state index in [4.69, 9.17) is 9.84 Å². The number of carbonyl (C=O) groups excluding carboxylic acids is 1. The predicted molar refractivity (Wildman–Crippen MR) is 72.3 cm³/mol. The van der Waals surface area contributed by atoms with Crippen molar-refractivity contribution in [3.05, 3.63) is 23.8 Å². The molecule has 1 aromatic carbocycles. The molecule has 23 heavy (non-hydrogen) atoms. The van der Waals surface area contributed by atoms with Crippen molar-refractivity contribution in [2.45, 2.75) is 38.5 Å². The SMILES string of the molecule is O=C(O)c1ccc(OC(F)(F)F)c(OC(=O)C2CCCCC2)c1. The molecule has 1 aliphatic rings. The van der Waals surface area contributed by atoms with E-state index < -0.39 is 35.7 Å². The van der Waals surface area contributed by atoms with Crippen LogP contribution < -0.4 is 9.47 Å². The fraction of sp³-hybridized carbons (Fsp3) is 0.467. The summed E-state index contributed by atoms with van der Waals surface area (Å²) in [6, 6.07) is 2.62. The molecule has 1 aliphatic carbocycles. The van der Waals surface area contributed by atoms with Gasteiger partial charge in [-0.05, 0) is 31.0 Å². The molecule has 0 unspecified atom stereocenters. The molecule has 0 aliphatic heterocycles. The van der Waals surface area contributed by atoms with Gasteiger partial charge in [0.05, 0.1) is 11.5 Å². The number of rotatable bonds is 4. The van der Waals surface area contributed by atoms with Gasteiger partial charge in [0.15, 0.2) is 11.5 Å². The summed E-state index contributed by atoms with van der Waals surface area (Å²) in [5.74, 6) is -3.70. The maximum absolute atomic E-state index is 12.4. The highest BCUT2D eigenvalue weighted by molar-refractivity contribution is 5.89. The highest BCUT2D eigenvalue weighted by Gasteiger charge is 2.33. The summed E-state index contributed by atoms with van der Waals surface area (Å²) >= 11 is 0. The Hall–Kier alpha value is -2.25. The summed E-state index contributed by atoms with van der Waals surface area (Å²) in [6.07, 6.45) is -1.07. The average Bonchev–Trinajstić information content (AvgIpc) is 2.48. The topological polar surface area (TPSA) is 72.8 Å². The standard InChI is InChI=1S/C15H15F3O5/c16-15(17,18)23-11-7-6-10(13(19)20)8-12(11)22-14(21)9-4-2-1-3-5-9/h6-9H,1-5H2,(H,19,20). The molecule has 0 heterocycles. The molecule has 2 rings (SSSR count). The number of esters is 1. The number of hydrogen-bond donors (Lipinski definition) is 1. The lowest BCUT2D eigenvalue weighted by molar-refractivity contribution is -0.275. The van der Waals surface area contributed by atoms with E-state index in [9.17, 15) is 22.8 Å². The summed E-state index contributed by atoms with van der Waals surface area (Å²) < 4.78 is 46.0. The van der Waals surface area contributed by atoms with Gasteiger partial charge in [0.25, 0.3) is 0 Å². The summed E-state index contributed by atoms with van der Waals surface area (Å²) in [7, 11) is 0. The third-order valence-corrected chi connectivity index (χ3v) is 3.57. The van der Waals surface area contributed by atoms with E-state index >= 15 is 0 Å². The molecule has 8 heteroatoms. The van der Waals surface area contributed by atoms with Crippen LogP contribution in [0, 0.1) is 5.92 Å². The molecule has 0 atom stereocenters. The molecule has 0 radical (unpaired) electrons. The van der Waals surface area contributed by atoms with Crippen LogP contribution in [0.2, 0.25) is 0 Å². The van der Waals surface area contributed by atoms with E-state index in [2.05, 4.69) is 4.74 Å². The van der Waals surface area contributed by atoms with Gasteiger partial charge in [-0.15, -0.1) is 13.2 Å². The molecular weight excluding hydrogens is 317 g/mol. The number of carboxylic acid groups (broad SMARTS) is 1. The van der Waals surface area contributed by atoms with Gasteiger partial charge in [0, 0.05) is 0 Å². The molecule has 0 amide bonds. The number of carbonyl (C=O) groups is 2. The minimum atomic E-state index is -4.98. The van der Waals surface area contributed by atoms with E-state index in [-0.39, 0.29) is 5.56 Å². The first-order chi connectivity index (χ1) is 10.8. The van der Waals surface area contributed by atoms with Crippen LogP contribution in [0.5, 0.6) is 11.5 Å². The Morgan fingerprint density at radius 2 is 1.74 bits per heavy atom. The second kappa shape index (κ2) is 6.89. The van der Waals surface area contributed by atoms with Crippen molar-refractivity contribution in [3.63, 3.8) is 0 Å². The Morgan fingerprint density at radius 1 is 1.09 bits per heavy atom. The Balaban J connectivity index is 2.23. The fourth-order valence-corrected chi connectivity index (χ4v) is 2.46.